The van der Waals surface area contributed by atoms with Gasteiger partial charge in [0, 0.05) is 11.2 Å². The first-order valence-corrected chi connectivity index (χ1v) is 5.94. The van der Waals surface area contributed by atoms with Crippen LogP contribution in [0.3, 0.4) is 0 Å². The highest BCUT2D eigenvalue weighted by Gasteiger charge is 2.08. The number of hydrogen-bond donors (Lipinski definition) is 0. The Morgan fingerprint density at radius 2 is 1.89 bits per heavy atom. The van der Waals surface area contributed by atoms with E-state index in [0.29, 0.717) is 5.02 Å². The Kier molecular flexibility index (Phi) is 2.82. The molecule has 3 aromatic rings. The number of hydrogen-bond acceptors (Lipinski definition) is 2. The molecule has 0 fully saturated rings. The van der Waals surface area contributed by atoms with E-state index in [9.17, 15) is 0 Å². The largest absolute Gasteiger partial charge is 0.255 e. The second-order valence-electron chi connectivity index (χ2n) is 3.82. The van der Waals surface area contributed by atoms with Crippen molar-refractivity contribution in [3.63, 3.8) is 0 Å². The zero-order valence-electron chi connectivity index (χ0n) is 9.49. The van der Waals surface area contributed by atoms with Gasteiger partial charge in [-0.3, -0.25) is 4.98 Å². The molecule has 0 saturated carbocycles. The SMILES string of the molecule is Clc1cccc(-n2nccc2-c2ccccn2)c1. The van der Waals surface area contributed by atoms with E-state index < -0.39 is 0 Å². The molecule has 2 heterocycles. The van der Waals surface area contributed by atoms with Gasteiger partial charge in [-0.25, -0.2) is 4.68 Å². The quantitative estimate of drug-likeness (QED) is 0.701. The van der Waals surface area contributed by atoms with Gasteiger partial charge < -0.3 is 0 Å². The van der Waals surface area contributed by atoms with Gasteiger partial charge in [0.2, 0.25) is 0 Å². The summed E-state index contributed by atoms with van der Waals surface area (Å²) in [6.07, 6.45) is 3.52. The summed E-state index contributed by atoms with van der Waals surface area (Å²) in [6.45, 7) is 0. The zero-order valence-corrected chi connectivity index (χ0v) is 10.2. The van der Waals surface area contributed by atoms with E-state index in [-0.39, 0.29) is 0 Å². The third-order valence-corrected chi connectivity index (χ3v) is 2.86. The normalized spacial score (nSPS) is 10.5. The second-order valence-corrected chi connectivity index (χ2v) is 4.26. The van der Waals surface area contributed by atoms with Crippen molar-refractivity contribution in [3.8, 4) is 17.1 Å². The molecule has 0 aliphatic rings. The molecule has 4 heteroatoms. The Labute approximate surface area is 110 Å². The van der Waals surface area contributed by atoms with E-state index in [1.54, 1.807) is 12.4 Å². The summed E-state index contributed by atoms with van der Waals surface area (Å²) in [5, 5.41) is 5.01. The van der Waals surface area contributed by atoms with Crippen molar-refractivity contribution < 1.29 is 0 Å². The summed E-state index contributed by atoms with van der Waals surface area (Å²) in [7, 11) is 0. The van der Waals surface area contributed by atoms with Gasteiger partial charge in [0.15, 0.2) is 0 Å². The molecule has 0 amide bonds. The van der Waals surface area contributed by atoms with Crippen molar-refractivity contribution in [2.45, 2.75) is 0 Å². The van der Waals surface area contributed by atoms with E-state index >= 15 is 0 Å². The molecule has 18 heavy (non-hydrogen) atoms. The summed E-state index contributed by atoms with van der Waals surface area (Å²) < 4.78 is 1.83. The van der Waals surface area contributed by atoms with E-state index in [0.717, 1.165) is 17.1 Å². The Balaban J connectivity index is 2.13. The molecule has 0 N–H and O–H groups in total. The fourth-order valence-corrected chi connectivity index (χ4v) is 2.01. The molecule has 2 aromatic heterocycles. The molecule has 0 atom stereocenters. The summed E-state index contributed by atoms with van der Waals surface area (Å²) in [5.74, 6) is 0. The van der Waals surface area contributed by atoms with E-state index in [4.69, 9.17) is 11.6 Å². The van der Waals surface area contributed by atoms with E-state index in [2.05, 4.69) is 10.1 Å². The summed E-state index contributed by atoms with van der Waals surface area (Å²) in [5.41, 5.74) is 2.75. The molecule has 88 valence electrons. The van der Waals surface area contributed by atoms with Gasteiger partial charge in [0.05, 0.1) is 23.3 Å². The lowest BCUT2D eigenvalue weighted by atomic mass is 10.2. The lowest BCUT2D eigenvalue weighted by Crippen LogP contribution is -1.99. The van der Waals surface area contributed by atoms with Crippen molar-refractivity contribution in [1.29, 1.82) is 0 Å². The predicted octanol–water partition coefficient (Wildman–Crippen LogP) is 3.59. The monoisotopic (exact) mass is 255 g/mol. The zero-order chi connectivity index (χ0) is 12.4. The molecule has 0 saturated heterocycles. The lowest BCUT2D eigenvalue weighted by Gasteiger charge is -2.07. The fourth-order valence-electron chi connectivity index (χ4n) is 1.83. The standard InChI is InChI=1S/C14H10ClN3/c15-11-4-3-5-12(10-11)18-14(7-9-17-18)13-6-1-2-8-16-13/h1-10H. The van der Waals surface area contributed by atoms with Gasteiger partial charge in [-0.15, -0.1) is 0 Å². The Hall–Kier alpha value is -2.13. The summed E-state index contributed by atoms with van der Waals surface area (Å²) in [4.78, 5) is 4.34. The highest BCUT2D eigenvalue weighted by molar-refractivity contribution is 6.30. The average Bonchev–Trinajstić information content (AvgIpc) is 2.89. The average molecular weight is 256 g/mol. The second kappa shape index (κ2) is 4.63. The minimum Gasteiger partial charge on any atom is -0.255 e. The van der Waals surface area contributed by atoms with Gasteiger partial charge in [-0.05, 0) is 36.4 Å². The van der Waals surface area contributed by atoms with Crippen molar-refractivity contribution >= 4 is 11.6 Å². The maximum atomic E-state index is 6.00. The maximum Gasteiger partial charge on any atom is 0.0925 e. The highest BCUT2D eigenvalue weighted by atomic mass is 35.5. The van der Waals surface area contributed by atoms with Crippen molar-refractivity contribution in [2.24, 2.45) is 0 Å². The Morgan fingerprint density at radius 1 is 0.944 bits per heavy atom. The molecule has 1 aromatic carbocycles. The highest BCUT2D eigenvalue weighted by Crippen LogP contribution is 2.21. The number of benzene rings is 1. The first-order chi connectivity index (χ1) is 8.84. The molecule has 0 unspecified atom stereocenters. The van der Waals surface area contributed by atoms with Crippen LogP contribution in [0.15, 0.2) is 60.9 Å². The smallest absolute Gasteiger partial charge is 0.0925 e. The lowest BCUT2D eigenvalue weighted by molar-refractivity contribution is 0.884. The Morgan fingerprint density at radius 3 is 2.67 bits per heavy atom. The minimum absolute atomic E-state index is 0.690. The van der Waals surface area contributed by atoms with Crippen molar-refractivity contribution in [3.05, 3.63) is 65.9 Å². The molecular weight excluding hydrogens is 246 g/mol. The predicted molar refractivity (Wildman–Crippen MR) is 71.8 cm³/mol. The third-order valence-electron chi connectivity index (χ3n) is 2.62. The van der Waals surface area contributed by atoms with Crippen molar-refractivity contribution in [2.75, 3.05) is 0 Å². The number of halogens is 1. The first kappa shape index (κ1) is 11.0. The summed E-state index contributed by atoms with van der Waals surface area (Å²) >= 11 is 6.00. The number of aromatic nitrogens is 3. The van der Waals surface area contributed by atoms with Crippen LogP contribution in [0.5, 0.6) is 0 Å². The minimum atomic E-state index is 0.690. The number of nitrogens with zero attached hydrogens (tertiary/aromatic N) is 3. The van der Waals surface area contributed by atoms with Crippen LogP contribution in [0.2, 0.25) is 5.02 Å². The van der Waals surface area contributed by atoms with Crippen LogP contribution in [-0.2, 0) is 0 Å². The van der Waals surface area contributed by atoms with Crippen LogP contribution in [0, 0.1) is 0 Å². The van der Waals surface area contributed by atoms with Gasteiger partial charge >= 0.3 is 0 Å². The fraction of sp³-hybridized carbons (Fsp3) is 0. The van der Waals surface area contributed by atoms with Gasteiger partial charge in [0.25, 0.3) is 0 Å². The molecule has 0 bridgehead atoms. The van der Waals surface area contributed by atoms with Crippen LogP contribution in [0.4, 0.5) is 0 Å². The molecule has 0 radical (unpaired) electrons. The van der Waals surface area contributed by atoms with Crippen LogP contribution in [-0.4, -0.2) is 14.8 Å². The maximum absolute atomic E-state index is 6.00. The van der Waals surface area contributed by atoms with Gasteiger partial charge in [-0.2, -0.15) is 5.10 Å². The van der Waals surface area contributed by atoms with Gasteiger partial charge in [0.1, 0.15) is 0 Å². The molecule has 3 rings (SSSR count). The number of rotatable bonds is 2. The van der Waals surface area contributed by atoms with Crippen molar-refractivity contribution in [1.82, 2.24) is 14.8 Å². The third kappa shape index (κ3) is 2.00. The van der Waals surface area contributed by atoms with Gasteiger partial charge in [-0.1, -0.05) is 23.7 Å². The Bertz CT molecular complexity index is 662. The molecular formula is C14H10ClN3. The van der Waals surface area contributed by atoms with Crippen LogP contribution in [0.1, 0.15) is 0 Å². The van der Waals surface area contributed by atoms with E-state index in [1.807, 2.05) is 53.2 Å². The molecule has 0 aliphatic carbocycles. The molecule has 3 nitrogen and oxygen atoms in total. The molecule has 0 aliphatic heterocycles. The summed E-state index contributed by atoms with van der Waals surface area (Å²) in [6, 6.07) is 15.3. The number of pyridine rings is 1. The van der Waals surface area contributed by atoms with E-state index in [1.165, 1.54) is 0 Å². The van der Waals surface area contributed by atoms with Crippen LogP contribution >= 0.6 is 11.6 Å². The topological polar surface area (TPSA) is 30.7 Å². The van der Waals surface area contributed by atoms with Crippen LogP contribution < -0.4 is 0 Å². The van der Waals surface area contributed by atoms with Crippen LogP contribution in [0.25, 0.3) is 17.1 Å². The first-order valence-electron chi connectivity index (χ1n) is 5.56. The molecule has 0 spiro atoms.